The van der Waals surface area contributed by atoms with Crippen LogP contribution < -0.4 is 0 Å². The first-order chi connectivity index (χ1) is 8.27. The fraction of sp³-hybridized carbons (Fsp3) is 0.643. The third-order valence-corrected chi connectivity index (χ3v) is 3.63. The van der Waals surface area contributed by atoms with E-state index in [2.05, 4.69) is 10.6 Å². The molecule has 2 aliphatic rings. The average molecular weight is 234 g/mol. The van der Waals surface area contributed by atoms with Crippen molar-refractivity contribution in [2.24, 2.45) is 0 Å². The van der Waals surface area contributed by atoms with Gasteiger partial charge in [0, 0.05) is 25.8 Å². The van der Waals surface area contributed by atoms with E-state index < -0.39 is 0 Å². The lowest BCUT2D eigenvalue weighted by Crippen LogP contribution is -2.37. The minimum absolute atomic E-state index is 0.190. The highest BCUT2D eigenvalue weighted by atomic mass is 16.2. The van der Waals surface area contributed by atoms with Crippen molar-refractivity contribution in [3.8, 4) is 0 Å². The summed E-state index contributed by atoms with van der Waals surface area (Å²) in [5.74, 6) is 0.190. The van der Waals surface area contributed by atoms with Crippen molar-refractivity contribution in [2.75, 3.05) is 13.6 Å². The summed E-state index contributed by atoms with van der Waals surface area (Å²) < 4.78 is 2.25. The Morgan fingerprint density at radius 1 is 1.12 bits per heavy atom. The number of rotatable bonds is 0. The SMILES string of the molecule is CC.CN1CCn2c(cc3c2CCCC3)C1=O. The lowest BCUT2D eigenvalue weighted by molar-refractivity contribution is 0.0748. The topological polar surface area (TPSA) is 25.2 Å². The predicted molar refractivity (Wildman–Crippen MR) is 69.4 cm³/mol. The Balaban J connectivity index is 0.000000514. The zero-order chi connectivity index (χ0) is 12.4. The van der Waals surface area contributed by atoms with Gasteiger partial charge in [-0.3, -0.25) is 4.79 Å². The predicted octanol–water partition coefficient (Wildman–Crippen LogP) is 2.48. The minimum atomic E-state index is 0.190. The van der Waals surface area contributed by atoms with E-state index in [1.807, 2.05) is 25.8 Å². The van der Waals surface area contributed by atoms with E-state index in [1.54, 1.807) is 0 Å². The maximum absolute atomic E-state index is 11.9. The highest BCUT2D eigenvalue weighted by Crippen LogP contribution is 2.27. The molecule has 3 heteroatoms. The van der Waals surface area contributed by atoms with Gasteiger partial charge >= 0.3 is 0 Å². The van der Waals surface area contributed by atoms with E-state index >= 15 is 0 Å². The maximum Gasteiger partial charge on any atom is 0.270 e. The normalized spacial score (nSPS) is 18.1. The van der Waals surface area contributed by atoms with Gasteiger partial charge in [-0.2, -0.15) is 0 Å². The third-order valence-electron chi connectivity index (χ3n) is 3.63. The first-order valence-corrected chi connectivity index (χ1v) is 6.74. The van der Waals surface area contributed by atoms with Crippen LogP contribution >= 0.6 is 0 Å². The van der Waals surface area contributed by atoms with Crippen LogP contribution in [0, 0.1) is 0 Å². The molecule has 17 heavy (non-hydrogen) atoms. The molecule has 3 nitrogen and oxygen atoms in total. The number of hydrogen-bond acceptors (Lipinski definition) is 1. The molecule has 0 aromatic carbocycles. The molecule has 2 heterocycles. The summed E-state index contributed by atoms with van der Waals surface area (Å²) in [4.78, 5) is 13.8. The van der Waals surface area contributed by atoms with Crippen LogP contribution in [0.4, 0.5) is 0 Å². The lowest BCUT2D eigenvalue weighted by atomic mass is 9.98. The van der Waals surface area contributed by atoms with Crippen LogP contribution in [0.5, 0.6) is 0 Å². The molecule has 0 saturated heterocycles. The lowest BCUT2D eigenvalue weighted by Gasteiger charge is -2.26. The van der Waals surface area contributed by atoms with Crippen molar-refractivity contribution in [3.05, 3.63) is 23.0 Å². The second kappa shape index (κ2) is 4.94. The van der Waals surface area contributed by atoms with Gasteiger partial charge in [0.15, 0.2) is 0 Å². The summed E-state index contributed by atoms with van der Waals surface area (Å²) in [5, 5.41) is 0. The van der Waals surface area contributed by atoms with Gasteiger partial charge < -0.3 is 9.47 Å². The number of carbonyl (C=O) groups excluding carboxylic acids is 1. The fourth-order valence-electron chi connectivity index (χ4n) is 2.74. The van der Waals surface area contributed by atoms with E-state index in [9.17, 15) is 4.79 Å². The van der Waals surface area contributed by atoms with Crippen molar-refractivity contribution in [1.82, 2.24) is 9.47 Å². The molecule has 0 fully saturated rings. The van der Waals surface area contributed by atoms with E-state index in [4.69, 9.17) is 0 Å². The van der Waals surface area contributed by atoms with Crippen LogP contribution in [0.1, 0.15) is 48.4 Å². The monoisotopic (exact) mass is 234 g/mol. The molecule has 0 radical (unpaired) electrons. The van der Waals surface area contributed by atoms with Gasteiger partial charge in [-0.05, 0) is 37.3 Å². The number of likely N-dealkylation sites (N-methyl/N-ethyl adjacent to an activating group) is 1. The van der Waals surface area contributed by atoms with Gasteiger partial charge in [0.25, 0.3) is 5.91 Å². The second-order valence-corrected chi connectivity index (χ2v) is 4.59. The molecular weight excluding hydrogens is 212 g/mol. The molecule has 1 aromatic rings. The van der Waals surface area contributed by atoms with Crippen molar-refractivity contribution >= 4 is 5.91 Å². The maximum atomic E-state index is 11.9. The van der Waals surface area contributed by atoms with Gasteiger partial charge in [0.1, 0.15) is 5.69 Å². The Morgan fingerprint density at radius 3 is 2.59 bits per heavy atom. The molecule has 0 saturated carbocycles. The summed E-state index contributed by atoms with van der Waals surface area (Å²) in [7, 11) is 1.89. The fourth-order valence-corrected chi connectivity index (χ4v) is 2.74. The van der Waals surface area contributed by atoms with Crippen molar-refractivity contribution in [1.29, 1.82) is 0 Å². The molecule has 0 unspecified atom stereocenters. The summed E-state index contributed by atoms with van der Waals surface area (Å²) >= 11 is 0. The molecule has 0 bridgehead atoms. The Bertz CT molecular complexity index is 420. The minimum Gasteiger partial charge on any atom is -0.339 e. The first-order valence-electron chi connectivity index (χ1n) is 6.74. The number of carbonyl (C=O) groups is 1. The smallest absolute Gasteiger partial charge is 0.270 e. The van der Waals surface area contributed by atoms with Gasteiger partial charge in [-0.25, -0.2) is 0 Å². The first kappa shape index (κ1) is 12.2. The Hall–Kier alpha value is -1.25. The third kappa shape index (κ3) is 1.99. The number of nitrogens with zero attached hydrogens (tertiary/aromatic N) is 2. The zero-order valence-electron chi connectivity index (χ0n) is 11.1. The van der Waals surface area contributed by atoms with E-state index in [0.29, 0.717) is 0 Å². The molecule has 1 aromatic heterocycles. The summed E-state index contributed by atoms with van der Waals surface area (Å²) in [6.45, 7) is 5.83. The standard InChI is InChI=1S/C12H16N2O.C2H6/c1-13-6-7-14-10-5-3-2-4-9(10)8-11(14)12(13)15;1-2/h8H,2-7H2,1H3;1-2H3. The van der Waals surface area contributed by atoms with Crippen molar-refractivity contribution < 1.29 is 4.79 Å². The average Bonchev–Trinajstić information content (AvgIpc) is 2.76. The molecule has 0 spiro atoms. The van der Waals surface area contributed by atoms with Crippen LogP contribution in [-0.2, 0) is 19.4 Å². The summed E-state index contributed by atoms with van der Waals surface area (Å²) in [6.07, 6.45) is 4.87. The van der Waals surface area contributed by atoms with Gasteiger partial charge in [0.2, 0.25) is 0 Å². The Morgan fingerprint density at radius 2 is 1.82 bits per heavy atom. The van der Waals surface area contributed by atoms with Gasteiger partial charge in [-0.1, -0.05) is 13.8 Å². The molecular formula is C14H22N2O. The molecule has 0 N–H and O–H groups in total. The van der Waals surface area contributed by atoms with Crippen molar-refractivity contribution in [2.45, 2.75) is 46.1 Å². The second-order valence-electron chi connectivity index (χ2n) is 4.59. The van der Waals surface area contributed by atoms with Crippen LogP contribution in [0.3, 0.4) is 0 Å². The van der Waals surface area contributed by atoms with Crippen LogP contribution in [0.15, 0.2) is 6.07 Å². The largest absolute Gasteiger partial charge is 0.339 e. The van der Waals surface area contributed by atoms with Crippen LogP contribution in [0.2, 0.25) is 0 Å². The summed E-state index contributed by atoms with van der Waals surface area (Å²) in [5.41, 5.74) is 3.76. The van der Waals surface area contributed by atoms with E-state index in [0.717, 1.165) is 31.6 Å². The highest BCUT2D eigenvalue weighted by Gasteiger charge is 2.26. The molecule has 1 amide bonds. The summed E-state index contributed by atoms with van der Waals surface area (Å²) in [6, 6.07) is 2.12. The number of aryl methyl sites for hydroxylation is 1. The van der Waals surface area contributed by atoms with Crippen molar-refractivity contribution in [3.63, 3.8) is 0 Å². The quantitative estimate of drug-likeness (QED) is 0.677. The van der Waals surface area contributed by atoms with Gasteiger partial charge in [-0.15, -0.1) is 0 Å². The van der Waals surface area contributed by atoms with Crippen LogP contribution in [-0.4, -0.2) is 29.0 Å². The number of fused-ring (bicyclic) bond motifs is 3. The number of aromatic nitrogens is 1. The molecule has 0 atom stereocenters. The van der Waals surface area contributed by atoms with E-state index in [-0.39, 0.29) is 5.91 Å². The number of hydrogen-bond donors (Lipinski definition) is 0. The van der Waals surface area contributed by atoms with Gasteiger partial charge in [0.05, 0.1) is 0 Å². The number of amides is 1. The highest BCUT2D eigenvalue weighted by molar-refractivity contribution is 5.93. The Kier molecular flexibility index (Phi) is 3.55. The Labute approximate surface area is 103 Å². The molecule has 94 valence electrons. The molecule has 1 aliphatic carbocycles. The zero-order valence-corrected chi connectivity index (χ0v) is 11.1. The van der Waals surface area contributed by atoms with E-state index in [1.165, 1.54) is 24.1 Å². The van der Waals surface area contributed by atoms with Crippen LogP contribution in [0.25, 0.3) is 0 Å². The molecule has 1 aliphatic heterocycles. The molecule has 3 rings (SSSR count).